The highest BCUT2D eigenvalue weighted by atomic mass is 35.5. The van der Waals surface area contributed by atoms with Crippen LogP contribution < -0.4 is 9.62 Å². The average Bonchev–Trinajstić information content (AvgIpc) is 3.02. The van der Waals surface area contributed by atoms with Gasteiger partial charge in [0, 0.05) is 24.5 Å². The lowest BCUT2D eigenvalue weighted by Crippen LogP contribution is -2.53. The SMILES string of the molecule is CCNC(=O)C(Cc1ccccc1)N(Cc1cccc(Cl)c1)C(=O)CN(c1cc(C(F)(F)F)ccc1Cl)S(=O)(=O)c1ccccc1. The summed E-state index contributed by atoms with van der Waals surface area (Å²) in [6, 6.07) is 23.5. The first-order valence-electron chi connectivity index (χ1n) is 14.1. The molecule has 0 aliphatic carbocycles. The van der Waals surface area contributed by atoms with Gasteiger partial charge < -0.3 is 10.2 Å². The number of amides is 2. The van der Waals surface area contributed by atoms with Crippen LogP contribution in [-0.4, -0.2) is 44.3 Å². The molecule has 4 aromatic rings. The zero-order chi connectivity index (χ0) is 33.5. The monoisotopic (exact) mass is 691 g/mol. The van der Waals surface area contributed by atoms with Crippen molar-refractivity contribution in [2.45, 2.75) is 37.0 Å². The minimum absolute atomic E-state index is 0.0642. The van der Waals surface area contributed by atoms with Crippen LogP contribution in [0.5, 0.6) is 0 Å². The molecule has 0 radical (unpaired) electrons. The molecule has 0 bridgehead atoms. The van der Waals surface area contributed by atoms with Crippen LogP contribution in [0.2, 0.25) is 10.0 Å². The third-order valence-corrected chi connectivity index (χ3v) is 9.34. The van der Waals surface area contributed by atoms with E-state index in [0.717, 1.165) is 17.7 Å². The predicted molar refractivity (Wildman–Crippen MR) is 172 cm³/mol. The largest absolute Gasteiger partial charge is 0.416 e. The minimum Gasteiger partial charge on any atom is -0.355 e. The second-order valence-electron chi connectivity index (χ2n) is 10.2. The van der Waals surface area contributed by atoms with E-state index in [4.69, 9.17) is 23.2 Å². The van der Waals surface area contributed by atoms with Gasteiger partial charge in [0.2, 0.25) is 11.8 Å². The Balaban J connectivity index is 1.86. The van der Waals surface area contributed by atoms with Crippen molar-refractivity contribution < 1.29 is 31.2 Å². The molecule has 0 spiro atoms. The molecule has 4 rings (SSSR count). The third-order valence-electron chi connectivity index (χ3n) is 7.02. The first-order chi connectivity index (χ1) is 21.8. The number of likely N-dealkylation sites (N-methyl/N-ethyl adjacent to an activating group) is 1. The van der Waals surface area contributed by atoms with Gasteiger partial charge in [0.05, 0.1) is 21.2 Å². The van der Waals surface area contributed by atoms with E-state index < -0.39 is 51.9 Å². The van der Waals surface area contributed by atoms with Gasteiger partial charge in [-0.1, -0.05) is 83.9 Å². The summed E-state index contributed by atoms with van der Waals surface area (Å²) >= 11 is 12.5. The number of alkyl halides is 3. The first kappa shape index (κ1) is 34.8. The van der Waals surface area contributed by atoms with Crippen molar-refractivity contribution >= 4 is 50.7 Å². The highest BCUT2D eigenvalue weighted by Crippen LogP contribution is 2.37. The Morgan fingerprint density at radius 3 is 2.09 bits per heavy atom. The summed E-state index contributed by atoms with van der Waals surface area (Å²) in [6.45, 7) is 0.829. The fraction of sp³-hybridized carbons (Fsp3) is 0.212. The molecule has 0 heterocycles. The van der Waals surface area contributed by atoms with E-state index in [1.54, 1.807) is 67.6 Å². The molecule has 0 saturated heterocycles. The van der Waals surface area contributed by atoms with E-state index >= 15 is 0 Å². The zero-order valence-corrected chi connectivity index (χ0v) is 26.9. The second kappa shape index (κ2) is 15.0. The minimum atomic E-state index is -4.83. The van der Waals surface area contributed by atoms with Crippen molar-refractivity contribution in [1.29, 1.82) is 0 Å². The molecule has 0 aromatic heterocycles. The van der Waals surface area contributed by atoms with E-state index in [1.165, 1.54) is 29.2 Å². The molecule has 0 aliphatic heterocycles. The lowest BCUT2D eigenvalue weighted by atomic mass is 10.0. The summed E-state index contributed by atoms with van der Waals surface area (Å²) in [7, 11) is -4.65. The van der Waals surface area contributed by atoms with Crippen molar-refractivity contribution in [3.63, 3.8) is 0 Å². The topological polar surface area (TPSA) is 86.8 Å². The predicted octanol–water partition coefficient (Wildman–Crippen LogP) is 6.98. The van der Waals surface area contributed by atoms with Gasteiger partial charge in [-0.15, -0.1) is 0 Å². The van der Waals surface area contributed by atoms with Crippen LogP contribution in [-0.2, 0) is 38.8 Å². The number of hydrogen-bond acceptors (Lipinski definition) is 4. The molecule has 13 heteroatoms. The highest BCUT2D eigenvalue weighted by molar-refractivity contribution is 7.92. The number of halogens is 5. The molecule has 0 aliphatic rings. The van der Waals surface area contributed by atoms with E-state index in [-0.39, 0.29) is 29.4 Å². The maximum Gasteiger partial charge on any atom is 0.416 e. The van der Waals surface area contributed by atoms with Gasteiger partial charge >= 0.3 is 6.18 Å². The number of hydrogen-bond donors (Lipinski definition) is 1. The fourth-order valence-corrected chi connectivity index (χ4v) is 6.72. The zero-order valence-electron chi connectivity index (χ0n) is 24.5. The van der Waals surface area contributed by atoms with Gasteiger partial charge in [-0.25, -0.2) is 8.42 Å². The van der Waals surface area contributed by atoms with Crippen LogP contribution in [0, 0.1) is 0 Å². The standard InChI is InChI=1S/C33H30Cl2F3N3O4S/c1-2-39-32(43)30(19-23-10-5-3-6-11-23)40(21-24-12-9-13-26(34)18-24)31(42)22-41(46(44,45)27-14-7-4-8-15-27)29-20-25(33(36,37)38)16-17-28(29)35/h3-18,20,30H,2,19,21-22H2,1H3,(H,39,43). The van der Waals surface area contributed by atoms with Crippen molar-refractivity contribution in [3.8, 4) is 0 Å². The number of carbonyl (C=O) groups excluding carboxylic acids is 2. The summed E-state index contributed by atoms with van der Waals surface area (Å²) in [5.41, 5.74) is -0.447. The number of anilines is 1. The van der Waals surface area contributed by atoms with Gasteiger partial charge in [-0.3, -0.25) is 13.9 Å². The summed E-state index contributed by atoms with van der Waals surface area (Å²) in [5, 5.41) is 2.78. The average molecular weight is 693 g/mol. The lowest BCUT2D eigenvalue weighted by molar-refractivity contribution is -0.140. The van der Waals surface area contributed by atoms with Crippen molar-refractivity contribution in [3.05, 3.63) is 130 Å². The lowest BCUT2D eigenvalue weighted by Gasteiger charge is -2.34. The smallest absolute Gasteiger partial charge is 0.355 e. The Kier molecular flexibility index (Phi) is 11.4. The number of benzene rings is 4. The van der Waals surface area contributed by atoms with Crippen molar-refractivity contribution in [2.24, 2.45) is 0 Å². The Morgan fingerprint density at radius 2 is 1.48 bits per heavy atom. The molecule has 242 valence electrons. The summed E-state index contributed by atoms with van der Waals surface area (Å²) < 4.78 is 69.9. The molecule has 1 N–H and O–H groups in total. The number of rotatable bonds is 12. The maximum atomic E-state index is 14.4. The highest BCUT2D eigenvalue weighted by Gasteiger charge is 2.37. The van der Waals surface area contributed by atoms with Gasteiger partial charge in [0.15, 0.2) is 0 Å². The van der Waals surface area contributed by atoms with E-state index in [0.29, 0.717) is 21.0 Å². The van der Waals surface area contributed by atoms with Crippen LogP contribution in [0.25, 0.3) is 0 Å². The molecule has 2 amide bonds. The summed E-state index contributed by atoms with van der Waals surface area (Å²) in [5.74, 6) is -1.36. The summed E-state index contributed by atoms with van der Waals surface area (Å²) in [6.07, 6.45) is -4.77. The van der Waals surface area contributed by atoms with E-state index in [2.05, 4.69) is 5.32 Å². The summed E-state index contributed by atoms with van der Waals surface area (Å²) in [4.78, 5) is 28.8. The van der Waals surface area contributed by atoms with Crippen molar-refractivity contribution in [2.75, 3.05) is 17.4 Å². The Hall–Kier alpha value is -4.06. The van der Waals surface area contributed by atoms with Crippen LogP contribution in [0.15, 0.2) is 108 Å². The molecule has 7 nitrogen and oxygen atoms in total. The van der Waals surface area contributed by atoms with Crippen molar-refractivity contribution in [1.82, 2.24) is 10.2 Å². The molecule has 0 saturated carbocycles. The number of nitrogens with one attached hydrogen (secondary N) is 1. The normalized spacial score (nSPS) is 12.3. The second-order valence-corrected chi connectivity index (χ2v) is 12.9. The number of sulfonamides is 1. The van der Waals surface area contributed by atoms with E-state index in [9.17, 15) is 31.2 Å². The van der Waals surface area contributed by atoms with Gasteiger partial charge in [-0.2, -0.15) is 13.2 Å². The molecule has 1 unspecified atom stereocenters. The molecular weight excluding hydrogens is 662 g/mol. The Morgan fingerprint density at radius 1 is 0.848 bits per heavy atom. The quantitative estimate of drug-likeness (QED) is 0.174. The molecule has 1 atom stereocenters. The molecule has 46 heavy (non-hydrogen) atoms. The van der Waals surface area contributed by atoms with Crippen LogP contribution >= 0.6 is 23.2 Å². The van der Waals surface area contributed by atoms with Gasteiger partial charge in [0.1, 0.15) is 12.6 Å². The third kappa shape index (κ3) is 8.60. The fourth-order valence-electron chi connectivity index (χ4n) is 4.79. The van der Waals surface area contributed by atoms with Gasteiger partial charge in [0.25, 0.3) is 10.0 Å². The van der Waals surface area contributed by atoms with E-state index in [1.807, 2.05) is 0 Å². The van der Waals surface area contributed by atoms with Crippen LogP contribution in [0.3, 0.4) is 0 Å². The molecule has 4 aromatic carbocycles. The maximum absolute atomic E-state index is 14.4. The Labute approximate surface area is 275 Å². The first-order valence-corrected chi connectivity index (χ1v) is 16.3. The van der Waals surface area contributed by atoms with Gasteiger partial charge in [-0.05, 0) is 60.5 Å². The van der Waals surface area contributed by atoms with Crippen LogP contribution in [0.4, 0.5) is 18.9 Å². The Bertz CT molecular complexity index is 1780. The molecule has 0 fully saturated rings. The number of carbonyl (C=O) groups is 2. The molecular formula is C33H30Cl2F3N3O4S. The number of nitrogens with zero attached hydrogens (tertiary/aromatic N) is 2. The van der Waals surface area contributed by atoms with Crippen LogP contribution in [0.1, 0.15) is 23.6 Å².